The Kier molecular flexibility index (Phi) is 5.57. The Morgan fingerprint density at radius 1 is 1.06 bits per heavy atom. The predicted molar refractivity (Wildman–Crippen MR) is 122 cm³/mol. The molecule has 2 aliphatic heterocycles. The second-order valence-electron chi connectivity index (χ2n) is 8.31. The SMILES string of the molecule is CS(=N)(=O)c1cnc(-c2ccc(CN3CCC[C@H]3c3ccc4c(c3)OCCO4)cc2)nc1. The number of rotatable bonds is 5. The fourth-order valence-corrected chi connectivity index (χ4v) is 4.83. The van der Waals surface area contributed by atoms with Crippen molar-refractivity contribution in [3.8, 4) is 22.9 Å². The first-order valence-electron chi connectivity index (χ1n) is 10.8. The van der Waals surface area contributed by atoms with E-state index in [2.05, 4.69) is 39.1 Å². The Morgan fingerprint density at radius 2 is 1.78 bits per heavy atom. The van der Waals surface area contributed by atoms with Gasteiger partial charge in [-0.15, -0.1) is 0 Å². The number of nitrogens with one attached hydrogen (secondary N) is 1. The van der Waals surface area contributed by atoms with Crippen LogP contribution in [0.25, 0.3) is 11.4 Å². The average molecular weight is 451 g/mol. The summed E-state index contributed by atoms with van der Waals surface area (Å²) in [7, 11) is -2.80. The highest BCUT2D eigenvalue weighted by Crippen LogP contribution is 2.38. The fraction of sp³-hybridized carbons (Fsp3) is 0.333. The van der Waals surface area contributed by atoms with Crippen molar-refractivity contribution >= 4 is 9.73 Å². The van der Waals surface area contributed by atoms with Crippen molar-refractivity contribution < 1.29 is 13.7 Å². The molecule has 8 heteroatoms. The van der Waals surface area contributed by atoms with E-state index in [0.29, 0.717) is 30.0 Å². The standard InChI is InChI=1S/C24H26N4O3S/c1-32(25,29)20-14-26-24(27-15-20)18-6-4-17(5-7-18)16-28-10-2-3-21(28)19-8-9-22-23(13-19)31-12-11-30-22/h4-9,13-15,21,25H,2-3,10-12,16H2,1H3/t21-,32?/m0/s1. The minimum Gasteiger partial charge on any atom is -0.486 e. The van der Waals surface area contributed by atoms with E-state index < -0.39 is 9.73 Å². The van der Waals surface area contributed by atoms with E-state index in [1.54, 1.807) is 0 Å². The van der Waals surface area contributed by atoms with Gasteiger partial charge in [0.25, 0.3) is 0 Å². The van der Waals surface area contributed by atoms with E-state index in [1.165, 1.54) is 36.2 Å². The van der Waals surface area contributed by atoms with Crippen LogP contribution in [-0.2, 0) is 16.3 Å². The van der Waals surface area contributed by atoms with E-state index in [9.17, 15) is 4.21 Å². The van der Waals surface area contributed by atoms with Crippen LogP contribution in [0.1, 0.15) is 30.0 Å². The normalized spacial score (nSPS) is 20.1. The number of nitrogens with zero attached hydrogens (tertiary/aromatic N) is 3. The van der Waals surface area contributed by atoms with Crippen molar-refractivity contribution in [1.82, 2.24) is 14.9 Å². The van der Waals surface area contributed by atoms with Gasteiger partial charge in [0.2, 0.25) is 0 Å². The molecule has 1 saturated heterocycles. The predicted octanol–water partition coefficient (Wildman–Crippen LogP) is 4.29. The van der Waals surface area contributed by atoms with Crippen LogP contribution < -0.4 is 9.47 Å². The number of hydrogen-bond donors (Lipinski definition) is 1. The van der Waals surface area contributed by atoms with Gasteiger partial charge < -0.3 is 9.47 Å². The van der Waals surface area contributed by atoms with E-state index in [1.807, 2.05) is 18.2 Å². The first-order valence-corrected chi connectivity index (χ1v) is 12.7. The van der Waals surface area contributed by atoms with Gasteiger partial charge in [-0.3, -0.25) is 4.90 Å². The molecule has 1 N–H and O–H groups in total. The van der Waals surface area contributed by atoms with E-state index in [0.717, 1.165) is 36.6 Å². The maximum atomic E-state index is 11.8. The molecule has 32 heavy (non-hydrogen) atoms. The molecule has 0 spiro atoms. The summed E-state index contributed by atoms with van der Waals surface area (Å²) < 4.78 is 30.9. The molecule has 1 aromatic heterocycles. The zero-order valence-corrected chi connectivity index (χ0v) is 18.8. The van der Waals surface area contributed by atoms with Crippen molar-refractivity contribution in [2.24, 2.45) is 0 Å². The molecule has 3 heterocycles. The number of aromatic nitrogens is 2. The topological polar surface area (TPSA) is 88.4 Å². The molecule has 0 bridgehead atoms. The van der Waals surface area contributed by atoms with Gasteiger partial charge in [-0.1, -0.05) is 30.3 Å². The number of likely N-dealkylation sites (tertiary alicyclic amines) is 1. The number of ether oxygens (including phenoxy) is 2. The smallest absolute Gasteiger partial charge is 0.161 e. The zero-order valence-electron chi connectivity index (χ0n) is 18.0. The number of fused-ring (bicyclic) bond motifs is 1. The Labute approximate surface area is 188 Å². The van der Waals surface area contributed by atoms with Gasteiger partial charge in [0, 0.05) is 36.8 Å². The third kappa shape index (κ3) is 4.33. The van der Waals surface area contributed by atoms with Crippen molar-refractivity contribution in [1.29, 1.82) is 4.78 Å². The lowest BCUT2D eigenvalue weighted by atomic mass is 10.0. The van der Waals surface area contributed by atoms with Crippen LogP contribution in [-0.4, -0.2) is 45.1 Å². The van der Waals surface area contributed by atoms with E-state index >= 15 is 0 Å². The van der Waals surface area contributed by atoms with Gasteiger partial charge in [-0.05, 0) is 42.6 Å². The highest BCUT2D eigenvalue weighted by atomic mass is 32.2. The van der Waals surface area contributed by atoms with E-state index in [-0.39, 0.29) is 0 Å². The monoisotopic (exact) mass is 450 g/mol. The summed E-state index contributed by atoms with van der Waals surface area (Å²) in [5.74, 6) is 2.25. The molecular formula is C24H26N4O3S. The lowest BCUT2D eigenvalue weighted by Gasteiger charge is -2.26. The minimum absolute atomic E-state index is 0.345. The molecule has 3 aromatic rings. The van der Waals surface area contributed by atoms with Gasteiger partial charge in [-0.2, -0.15) is 0 Å². The second kappa shape index (κ2) is 8.52. The highest BCUT2D eigenvalue weighted by molar-refractivity contribution is 7.91. The maximum Gasteiger partial charge on any atom is 0.161 e. The molecule has 0 amide bonds. The zero-order chi connectivity index (χ0) is 22.1. The van der Waals surface area contributed by atoms with Crippen LogP contribution in [0.15, 0.2) is 59.8 Å². The molecule has 2 atom stereocenters. The van der Waals surface area contributed by atoms with Crippen molar-refractivity contribution in [3.63, 3.8) is 0 Å². The molecule has 2 aromatic carbocycles. The first-order chi connectivity index (χ1) is 15.5. The molecule has 0 aliphatic carbocycles. The van der Waals surface area contributed by atoms with Crippen LogP contribution in [0.5, 0.6) is 11.5 Å². The third-order valence-corrected chi connectivity index (χ3v) is 7.10. The van der Waals surface area contributed by atoms with Crippen LogP contribution in [0.2, 0.25) is 0 Å². The fourth-order valence-electron chi connectivity index (χ4n) is 4.32. The summed E-state index contributed by atoms with van der Waals surface area (Å²) >= 11 is 0. The van der Waals surface area contributed by atoms with Gasteiger partial charge in [0.1, 0.15) is 13.2 Å². The average Bonchev–Trinajstić information content (AvgIpc) is 3.27. The maximum absolute atomic E-state index is 11.8. The Balaban J connectivity index is 1.30. The summed E-state index contributed by atoms with van der Waals surface area (Å²) in [6.45, 7) is 3.14. The molecular weight excluding hydrogens is 424 g/mol. The van der Waals surface area contributed by atoms with Crippen LogP contribution in [0, 0.1) is 4.78 Å². The molecule has 1 unspecified atom stereocenters. The summed E-state index contributed by atoms with van der Waals surface area (Å²) in [5.41, 5.74) is 3.41. The Hall–Kier alpha value is -2.97. The third-order valence-electron chi connectivity index (χ3n) is 5.99. The number of hydrogen-bond acceptors (Lipinski definition) is 7. The van der Waals surface area contributed by atoms with Gasteiger partial charge in [0.15, 0.2) is 17.3 Å². The Morgan fingerprint density at radius 3 is 2.50 bits per heavy atom. The first kappa shape index (κ1) is 20.9. The summed E-state index contributed by atoms with van der Waals surface area (Å²) in [5, 5.41) is 0. The largest absolute Gasteiger partial charge is 0.486 e. The van der Waals surface area contributed by atoms with Gasteiger partial charge >= 0.3 is 0 Å². The summed E-state index contributed by atoms with van der Waals surface area (Å²) in [6.07, 6.45) is 6.64. The molecule has 0 radical (unpaired) electrons. The molecule has 5 rings (SSSR count). The summed E-state index contributed by atoms with van der Waals surface area (Å²) in [4.78, 5) is 11.4. The van der Waals surface area contributed by atoms with Crippen molar-refractivity contribution in [2.45, 2.75) is 30.3 Å². The summed E-state index contributed by atoms with van der Waals surface area (Å²) in [6, 6.07) is 14.9. The van der Waals surface area contributed by atoms with Gasteiger partial charge in [-0.25, -0.2) is 19.0 Å². The lowest BCUT2D eigenvalue weighted by molar-refractivity contribution is 0.170. The van der Waals surface area contributed by atoms with Crippen molar-refractivity contribution in [2.75, 3.05) is 26.0 Å². The van der Waals surface area contributed by atoms with Crippen LogP contribution in [0.3, 0.4) is 0 Å². The molecule has 2 aliphatic rings. The number of benzene rings is 2. The molecule has 0 saturated carbocycles. The quantitative estimate of drug-likeness (QED) is 0.624. The van der Waals surface area contributed by atoms with Crippen LogP contribution in [0.4, 0.5) is 0 Å². The van der Waals surface area contributed by atoms with Gasteiger partial charge in [0.05, 0.1) is 14.6 Å². The Bertz CT molecular complexity index is 1210. The molecule has 7 nitrogen and oxygen atoms in total. The van der Waals surface area contributed by atoms with E-state index in [4.69, 9.17) is 14.3 Å². The van der Waals surface area contributed by atoms with Crippen LogP contribution >= 0.6 is 0 Å². The molecule has 1 fully saturated rings. The lowest BCUT2D eigenvalue weighted by Crippen LogP contribution is -2.23. The van der Waals surface area contributed by atoms with Crippen molar-refractivity contribution in [3.05, 3.63) is 66.0 Å². The highest BCUT2D eigenvalue weighted by Gasteiger charge is 2.27. The second-order valence-corrected chi connectivity index (χ2v) is 10.5. The molecule has 166 valence electrons. The minimum atomic E-state index is -2.80.